The van der Waals surface area contributed by atoms with Gasteiger partial charge in [-0.25, -0.2) is 0 Å². The van der Waals surface area contributed by atoms with E-state index < -0.39 is 0 Å². The summed E-state index contributed by atoms with van der Waals surface area (Å²) in [6.45, 7) is 0. The fraction of sp³-hybridized carbons (Fsp3) is 0.550. The predicted octanol–water partition coefficient (Wildman–Crippen LogP) is 5.25. The summed E-state index contributed by atoms with van der Waals surface area (Å²) in [7, 11) is 1.65. The summed E-state index contributed by atoms with van der Waals surface area (Å²) in [6.07, 6.45) is 10.3. The number of benzene rings is 1. The van der Waals surface area contributed by atoms with Crippen LogP contribution in [0.15, 0.2) is 29.8 Å². The maximum absolute atomic E-state index is 12.7. The van der Waals surface area contributed by atoms with Gasteiger partial charge in [-0.05, 0) is 54.0 Å². The predicted molar refractivity (Wildman–Crippen MR) is 94.9 cm³/mol. The lowest BCUT2D eigenvalue weighted by Gasteiger charge is -2.36. The molecule has 0 saturated heterocycles. The van der Waals surface area contributed by atoms with Crippen molar-refractivity contribution < 1.29 is 9.53 Å². The van der Waals surface area contributed by atoms with Crippen molar-refractivity contribution in [1.29, 1.82) is 0 Å². The lowest BCUT2D eigenvalue weighted by atomic mass is 9.71. The fourth-order valence-corrected chi connectivity index (χ4v) is 4.55. The number of halogens is 1. The van der Waals surface area contributed by atoms with E-state index in [9.17, 15) is 4.79 Å². The molecule has 2 saturated carbocycles. The first-order valence-electron chi connectivity index (χ1n) is 8.72. The Hall–Kier alpha value is -1.28. The number of methoxy groups -OCH3 is 1. The number of ether oxygens (including phenoxy) is 1. The zero-order valence-electron chi connectivity index (χ0n) is 13.8. The molecule has 0 spiro atoms. The van der Waals surface area contributed by atoms with E-state index in [2.05, 4.69) is 0 Å². The molecule has 0 radical (unpaired) electrons. The van der Waals surface area contributed by atoms with Gasteiger partial charge in [0.05, 0.1) is 12.5 Å². The van der Waals surface area contributed by atoms with Gasteiger partial charge in [0.1, 0.15) is 5.75 Å². The summed E-state index contributed by atoms with van der Waals surface area (Å²) in [6, 6.07) is 7.81. The second-order valence-corrected chi connectivity index (χ2v) is 7.28. The monoisotopic (exact) mass is 332 g/mol. The largest absolute Gasteiger partial charge is 0.497 e. The molecular formula is C20H25ClO2. The average molecular weight is 333 g/mol. The third kappa shape index (κ3) is 3.80. The van der Waals surface area contributed by atoms with E-state index in [-0.39, 0.29) is 11.2 Å². The SMILES string of the molecule is COc1cccc(C=C2CCC(C3CCCCC3)C(Cl)C2=O)c1. The summed E-state index contributed by atoms with van der Waals surface area (Å²) in [4.78, 5) is 12.7. The Balaban J connectivity index is 1.73. The Bertz CT molecular complexity index is 587. The molecule has 0 heterocycles. The Morgan fingerprint density at radius 1 is 1.17 bits per heavy atom. The van der Waals surface area contributed by atoms with Crippen LogP contribution in [0, 0.1) is 11.8 Å². The van der Waals surface area contributed by atoms with Crippen LogP contribution in [0.2, 0.25) is 0 Å². The molecular weight excluding hydrogens is 308 g/mol. The molecule has 2 nitrogen and oxygen atoms in total. The van der Waals surface area contributed by atoms with Gasteiger partial charge in [-0.2, -0.15) is 0 Å². The molecule has 2 fully saturated rings. The van der Waals surface area contributed by atoms with E-state index in [0.717, 1.165) is 29.7 Å². The van der Waals surface area contributed by atoms with Gasteiger partial charge in [-0.15, -0.1) is 11.6 Å². The van der Waals surface area contributed by atoms with Gasteiger partial charge in [-0.3, -0.25) is 4.79 Å². The van der Waals surface area contributed by atoms with Crippen LogP contribution in [0.5, 0.6) is 5.75 Å². The van der Waals surface area contributed by atoms with Crippen molar-refractivity contribution in [2.75, 3.05) is 7.11 Å². The third-order valence-electron chi connectivity index (χ3n) is 5.38. The molecule has 2 aliphatic rings. The standard InChI is InChI=1S/C20H25ClO2/c1-23-17-9-5-6-14(13-17)12-16-10-11-18(19(21)20(16)22)15-7-3-2-4-8-15/h5-6,9,12-13,15,18-19H,2-4,7-8,10-11H2,1H3. The van der Waals surface area contributed by atoms with Crippen molar-refractivity contribution in [3.05, 3.63) is 35.4 Å². The molecule has 0 amide bonds. The van der Waals surface area contributed by atoms with E-state index in [0.29, 0.717) is 11.8 Å². The molecule has 3 rings (SSSR count). The smallest absolute Gasteiger partial charge is 0.176 e. The number of hydrogen-bond acceptors (Lipinski definition) is 2. The normalized spacial score (nSPS) is 28.1. The fourth-order valence-electron chi connectivity index (χ4n) is 4.08. The first-order valence-corrected chi connectivity index (χ1v) is 9.15. The Kier molecular flexibility index (Phi) is 5.42. The van der Waals surface area contributed by atoms with Gasteiger partial charge < -0.3 is 4.74 Å². The van der Waals surface area contributed by atoms with Gasteiger partial charge in [0, 0.05) is 0 Å². The van der Waals surface area contributed by atoms with E-state index in [1.807, 2.05) is 30.3 Å². The molecule has 1 aromatic rings. The zero-order chi connectivity index (χ0) is 16.2. The van der Waals surface area contributed by atoms with Crippen LogP contribution >= 0.6 is 11.6 Å². The summed E-state index contributed by atoms with van der Waals surface area (Å²) >= 11 is 6.57. The number of rotatable bonds is 3. The highest BCUT2D eigenvalue weighted by molar-refractivity contribution is 6.34. The molecule has 1 aromatic carbocycles. The molecule has 2 unspecified atom stereocenters. The van der Waals surface area contributed by atoms with E-state index in [4.69, 9.17) is 16.3 Å². The Morgan fingerprint density at radius 2 is 1.96 bits per heavy atom. The second-order valence-electron chi connectivity index (χ2n) is 6.81. The number of allylic oxidation sites excluding steroid dienone is 1. The highest BCUT2D eigenvalue weighted by Gasteiger charge is 2.38. The maximum atomic E-state index is 12.7. The molecule has 23 heavy (non-hydrogen) atoms. The van der Waals surface area contributed by atoms with E-state index in [1.165, 1.54) is 32.1 Å². The van der Waals surface area contributed by atoms with Crippen LogP contribution in [0.1, 0.15) is 50.5 Å². The lowest BCUT2D eigenvalue weighted by Crippen LogP contribution is -2.36. The minimum Gasteiger partial charge on any atom is -0.497 e. The number of carbonyl (C=O) groups is 1. The highest BCUT2D eigenvalue weighted by Crippen LogP contribution is 2.41. The van der Waals surface area contributed by atoms with Crippen molar-refractivity contribution in [1.82, 2.24) is 0 Å². The van der Waals surface area contributed by atoms with Crippen molar-refractivity contribution in [2.45, 2.75) is 50.3 Å². The van der Waals surface area contributed by atoms with Crippen molar-refractivity contribution in [2.24, 2.45) is 11.8 Å². The van der Waals surface area contributed by atoms with Gasteiger partial charge in [0.15, 0.2) is 5.78 Å². The summed E-state index contributed by atoms with van der Waals surface area (Å²) in [5, 5.41) is -0.344. The molecule has 0 N–H and O–H groups in total. The lowest BCUT2D eigenvalue weighted by molar-refractivity contribution is -0.117. The van der Waals surface area contributed by atoms with Crippen molar-refractivity contribution in [3.8, 4) is 5.75 Å². The Labute approximate surface area is 143 Å². The van der Waals surface area contributed by atoms with Crippen LogP contribution in [-0.2, 0) is 4.79 Å². The molecule has 3 heteroatoms. The molecule has 2 atom stereocenters. The topological polar surface area (TPSA) is 26.3 Å². The van der Waals surface area contributed by atoms with Gasteiger partial charge in [0.25, 0.3) is 0 Å². The molecule has 0 aliphatic heterocycles. The zero-order valence-corrected chi connectivity index (χ0v) is 14.5. The molecule has 0 bridgehead atoms. The van der Waals surface area contributed by atoms with Gasteiger partial charge in [0.2, 0.25) is 0 Å². The first kappa shape index (κ1) is 16.6. The van der Waals surface area contributed by atoms with Crippen molar-refractivity contribution >= 4 is 23.5 Å². The van der Waals surface area contributed by atoms with E-state index >= 15 is 0 Å². The minimum atomic E-state index is -0.344. The summed E-state index contributed by atoms with van der Waals surface area (Å²) in [5.74, 6) is 1.96. The van der Waals surface area contributed by atoms with Gasteiger partial charge in [-0.1, -0.05) is 44.2 Å². The molecule has 124 valence electrons. The minimum absolute atomic E-state index is 0.135. The van der Waals surface area contributed by atoms with Crippen LogP contribution < -0.4 is 4.74 Å². The van der Waals surface area contributed by atoms with Crippen LogP contribution in [0.4, 0.5) is 0 Å². The van der Waals surface area contributed by atoms with E-state index in [1.54, 1.807) is 7.11 Å². The van der Waals surface area contributed by atoms with Crippen LogP contribution in [-0.4, -0.2) is 18.3 Å². The summed E-state index contributed by atoms with van der Waals surface area (Å²) < 4.78 is 5.25. The van der Waals surface area contributed by atoms with Crippen LogP contribution in [0.3, 0.4) is 0 Å². The highest BCUT2D eigenvalue weighted by atomic mass is 35.5. The van der Waals surface area contributed by atoms with Gasteiger partial charge >= 0.3 is 0 Å². The number of ketones is 1. The average Bonchev–Trinajstić information content (AvgIpc) is 2.60. The number of Topliss-reactive ketones (excluding diaryl/α,β-unsaturated/α-hetero) is 1. The molecule has 0 aromatic heterocycles. The Morgan fingerprint density at radius 3 is 2.70 bits per heavy atom. The number of hydrogen-bond donors (Lipinski definition) is 0. The summed E-state index contributed by atoms with van der Waals surface area (Å²) in [5.41, 5.74) is 1.87. The number of alkyl halides is 1. The molecule has 2 aliphatic carbocycles. The van der Waals surface area contributed by atoms with Crippen molar-refractivity contribution in [3.63, 3.8) is 0 Å². The first-order chi connectivity index (χ1) is 11.2. The maximum Gasteiger partial charge on any atom is 0.176 e. The second kappa shape index (κ2) is 7.53. The number of carbonyl (C=O) groups excluding carboxylic acids is 1. The quantitative estimate of drug-likeness (QED) is 0.558. The van der Waals surface area contributed by atoms with Crippen LogP contribution in [0.25, 0.3) is 6.08 Å². The third-order valence-corrected chi connectivity index (χ3v) is 5.90.